The van der Waals surface area contributed by atoms with Crippen molar-refractivity contribution >= 4 is 5.97 Å². The largest absolute Gasteiger partial charge is 0.482 e. The Hall–Kier alpha value is -2.23. The number of carboxylic acid groups (broad SMARTS) is 1. The summed E-state index contributed by atoms with van der Waals surface area (Å²) in [6, 6.07) is 11.1. The molecule has 0 aliphatic heterocycles. The molecule has 1 aromatic carbocycles. The molecular weight excluding hydrogens is 206 g/mol. The molecule has 2 aromatic rings. The van der Waals surface area contributed by atoms with Crippen LogP contribution >= 0.6 is 0 Å². The van der Waals surface area contributed by atoms with Gasteiger partial charge < -0.3 is 14.8 Å². The van der Waals surface area contributed by atoms with Crippen LogP contribution in [0, 0.1) is 0 Å². The molecular formula is C12H11NO3. The second-order valence-corrected chi connectivity index (χ2v) is 3.30. The van der Waals surface area contributed by atoms with Crippen molar-refractivity contribution in [3.8, 4) is 17.0 Å². The lowest BCUT2D eigenvalue weighted by atomic mass is 10.1. The molecule has 16 heavy (non-hydrogen) atoms. The van der Waals surface area contributed by atoms with Gasteiger partial charge in [-0.3, -0.25) is 0 Å². The smallest absolute Gasteiger partial charge is 0.352 e. The van der Waals surface area contributed by atoms with E-state index in [9.17, 15) is 4.79 Å². The molecule has 1 heterocycles. The number of carbonyl (C=O) groups is 1. The van der Waals surface area contributed by atoms with Crippen molar-refractivity contribution in [3.05, 3.63) is 42.1 Å². The average molecular weight is 217 g/mol. The van der Waals surface area contributed by atoms with Crippen LogP contribution in [-0.2, 0) is 0 Å². The van der Waals surface area contributed by atoms with E-state index >= 15 is 0 Å². The molecule has 0 saturated heterocycles. The van der Waals surface area contributed by atoms with Gasteiger partial charge in [0, 0.05) is 5.56 Å². The van der Waals surface area contributed by atoms with Crippen molar-refractivity contribution < 1.29 is 14.6 Å². The van der Waals surface area contributed by atoms with Crippen LogP contribution in [0.2, 0.25) is 0 Å². The van der Waals surface area contributed by atoms with E-state index in [-0.39, 0.29) is 5.69 Å². The van der Waals surface area contributed by atoms with Crippen LogP contribution in [0.4, 0.5) is 0 Å². The van der Waals surface area contributed by atoms with Gasteiger partial charge in [-0.2, -0.15) is 0 Å². The van der Waals surface area contributed by atoms with Crippen LogP contribution in [0.5, 0.6) is 5.88 Å². The maximum atomic E-state index is 10.8. The van der Waals surface area contributed by atoms with E-state index < -0.39 is 5.97 Å². The van der Waals surface area contributed by atoms with Crippen molar-refractivity contribution in [3.63, 3.8) is 0 Å². The molecule has 4 nitrogen and oxygen atoms in total. The van der Waals surface area contributed by atoms with Crippen molar-refractivity contribution in [2.24, 2.45) is 0 Å². The summed E-state index contributed by atoms with van der Waals surface area (Å²) in [6.07, 6.45) is 0. The molecule has 0 amide bonds. The highest BCUT2D eigenvalue weighted by Crippen LogP contribution is 2.30. The van der Waals surface area contributed by atoms with Crippen LogP contribution in [-0.4, -0.2) is 23.2 Å². The summed E-state index contributed by atoms with van der Waals surface area (Å²) < 4.78 is 5.11. The molecule has 0 unspecified atom stereocenters. The van der Waals surface area contributed by atoms with Crippen LogP contribution < -0.4 is 4.74 Å². The second kappa shape index (κ2) is 4.10. The Bertz CT molecular complexity index is 502. The lowest BCUT2D eigenvalue weighted by molar-refractivity contribution is 0.0690. The van der Waals surface area contributed by atoms with Gasteiger partial charge in [0.1, 0.15) is 5.69 Å². The van der Waals surface area contributed by atoms with E-state index in [2.05, 4.69) is 4.98 Å². The number of hydrogen-bond acceptors (Lipinski definition) is 2. The first-order valence-electron chi connectivity index (χ1n) is 4.78. The molecule has 0 bridgehead atoms. The SMILES string of the molecule is COc1[nH]c(C(=O)O)cc1-c1ccccc1. The summed E-state index contributed by atoms with van der Waals surface area (Å²) in [5.74, 6) is -0.538. The van der Waals surface area contributed by atoms with Gasteiger partial charge in [-0.15, -0.1) is 0 Å². The highest BCUT2D eigenvalue weighted by molar-refractivity contribution is 5.89. The minimum Gasteiger partial charge on any atom is -0.482 e. The van der Waals surface area contributed by atoms with E-state index in [1.54, 1.807) is 6.07 Å². The summed E-state index contributed by atoms with van der Waals surface area (Å²) in [4.78, 5) is 13.5. The molecule has 82 valence electrons. The number of aromatic nitrogens is 1. The van der Waals surface area contributed by atoms with Gasteiger partial charge in [0.15, 0.2) is 5.88 Å². The Morgan fingerprint density at radius 3 is 2.56 bits per heavy atom. The van der Waals surface area contributed by atoms with Gasteiger partial charge in [-0.05, 0) is 11.6 Å². The maximum Gasteiger partial charge on any atom is 0.352 e. The number of ether oxygens (including phenoxy) is 1. The number of methoxy groups -OCH3 is 1. The monoisotopic (exact) mass is 217 g/mol. The highest BCUT2D eigenvalue weighted by atomic mass is 16.5. The van der Waals surface area contributed by atoms with Gasteiger partial charge in [-0.25, -0.2) is 4.79 Å². The minimum atomic E-state index is -1.000. The van der Waals surface area contributed by atoms with Crippen LogP contribution in [0.25, 0.3) is 11.1 Å². The first kappa shape index (κ1) is 10.3. The molecule has 0 fully saturated rings. The highest BCUT2D eigenvalue weighted by Gasteiger charge is 2.14. The zero-order valence-corrected chi connectivity index (χ0v) is 8.73. The lowest BCUT2D eigenvalue weighted by Crippen LogP contribution is -1.95. The van der Waals surface area contributed by atoms with Crippen molar-refractivity contribution in [1.29, 1.82) is 0 Å². The van der Waals surface area contributed by atoms with Crippen LogP contribution in [0.15, 0.2) is 36.4 Å². The minimum absolute atomic E-state index is 0.121. The summed E-state index contributed by atoms with van der Waals surface area (Å²) in [5, 5.41) is 8.88. The number of H-pyrrole nitrogens is 1. The van der Waals surface area contributed by atoms with Gasteiger partial charge in [0.25, 0.3) is 0 Å². The molecule has 2 N–H and O–H groups in total. The maximum absolute atomic E-state index is 10.8. The number of hydrogen-bond donors (Lipinski definition) is 2. The number of aromatic carboxylic acids is 1. The lowest BCUT2D eigenvalue weighted by Gasteiger charge is -2.01. The van der Waals surface area contributed by atoms with Gasteiger partial charge in [-0.1, -0.05) is 30.3 Å². The zero-order valence-electron chi connectivity index (χ0n) is 8.73. The first-order valence-corrected chi connectivity index (χ1v) is 4.78. The third-order valence-electron chi connectivity index (χ3n) is 2.30. The standard InChI is InChI=1S/C12H11NO3/c1-16-11-9(7-10(13-11)12(14)15)8-5-3-2-4-6-8/h2-7,13H,1H3,(H,14,15). The Morgan fingerprint density at radius 2 is 2.00 bits per heavy atom. The van der Waals surface area contributed by atoms with E-state index in [4.69, 9.17) is 9.84 Å². The predicted molar refractivity (Wildman–Crippen MR) is 59.7 cm³/mol. The third-order valence-corrected chi connectivity index (χ3v) is 2.30. The second-order valence-electron chi connectivity index (χ2n) is 3.30. The Labute approximate surface area is 92.5 Å². The quantitative estimate of drug-likeness (QED) is 0.829. The summed E-state index contributed by atoms with van der Waals surface area (Å²) >= 11 is 0. The number of nitrogens with one attached hydrogen (secondary N) is 1. The first-order chi connectivity index (χ1) is 7.72. The summed E-state index contributed by atoms with van der Waals surface area (Å²) in [7, 11) is 1.50. The molecule has 0 saturated carbocycles. The van der Waals surface area contributed by atoms with Crippen molar-refractivity contribution in [2.45, 2.75) is 0 Å². The fraction of sp³-hybridized carbons (Fsp3) is 0.0833. The molecule has 2 rings (SSSR count). The molecule has 0 atom stereocenters. The Morgan fingerprint density at radius 1 is 1.31 bits per heavy atom. The third kappa shape index (κ3) is 1.77. The summed E-state index contributed by atoms with van der Waals surface area (Å²) in [5.41, 5.74) is 1.79. The molecule has 0 spiro atoms. The van der Waals surface area contributed by atoms with Gasteiger partial charge in [0.2, 0.25) is 0 Å². The number of rotatable bonds is 3. The van der Waals surface area contributed by atoms with Crippen molar-refractivity contribution in [2.75, 3.05) is 7.11 Å². The normalized spacial score (nSPS) is 10.1. The number of benzene rings is 1. The molecule has 0 aliphatic carbocycles. The van der Waals surface area contributed by atoms with E-state index in [1.165, 1.54) is 7.11 Å². The fourth-order valence-electron chi connectivity index (χ4n) is 1.54. The topological polar surface area (TPSA) is 62.3 Å². The Kier molecular flexibility index (Phi) is 2.64. The van der Waals surface area contributed by atoms with Crippen LogP contribution in [0.1, 0.15) is 10.5 Å². The van der Waals surface area contributed by atoms with E-state index in [1.807, 2.05) is 30.3 Å². The Balaban J connectivity index is 2.52. The van der Waals surface area contributed by atoms with E-state index in [0.717, 1.165) is 11.1 Å². The molecule has 4 heteroatoms. The molecule has 1 aromatic heterocycles. The zero-order chi connectivity index (χ0) is 11.5. The molecule has 0 aliphatic rings. The summed E-state index contributed by atoms with van der Waals surface area (Å²) in [6.45, 7) is 0. The average Bonchev–Trinajstić information content (AvgIpc) is 2.74. The predicted octanol–water partition coefficient (Wildman–Crippen LogP) is 2.39. The number of carboxylic acids is 1. The van der Waals surface area contributed by atoms with Gasteiger partial charge in [0.05, 0.1) is 7.11 Å². The van der Waals surface area contributed by atoms with Gasteiger partial charge >= 0.3 is 5.97 Å². The van der Waals surface area contributed by atoms with Crippen molar-refractivity contribution in [1.82, 2.24) is 4.98 Å². The van der Waals surface area contributed by atoms with E-state index in [0.29, 0.717) is 5.88 Å². The van der Waals surface area contributed by atoms with Crippen LogP contribution in [0.3, 0.4) is 0 Å². The fourth-order valence-corrected chi connectivity index (χ4v) is 1.54. The number of aromatic amines is 1. The molecule has 0 radical (unpaired) electrons.